The van der Waals surface area contributed by atoms with Gasteiger partial charge in [0.15, 0.2) is 0 Å². The van der Waals surface area contributed by atoms with Gasteiger partial charge < -0.3 is 0 Å². The minimum Gasteiger partial charge on any atom is -0.292 e. The number of fused-ring (bicyclic) bond motifs is 9. The van der Waals surface area contributed by atoms with Crippen molar-refractivity contribution >= 4 is 64.2 Å². The van der Waals surface area contributed by atoms with Crippen LogP contribution in [0.4, 0.5) is 0 Å². The Morgan fingerprint density at radius 2 is 1.21 bits per heavy atom. The first-order chi connectivity index (χ1) is 20.8. The lowest BCUT2D eigenvalue weighted by atomic mass is 10.0. The highest BCUT2D eigenvalue weighted by Crippen LogP contribution is 2.42. The van der Waals surface area contributed by atoms with Crippen LogP contribution < -0.4 is 0 Å². The van der Waals surface area contributed by atoms with Gasteiger partial charge in [-0.1, -0.05) is 109 Å². The summed E-state index contributed by atoms with van der Waals surface area (Å²) in [5.41, 5.74) is 7.53. The molecule has 0 atom stereocenters. The van der Waals surface area contributed by atoms with Crippen molar-refractivity contribution in [1.82, 2.24) is 14.5 Å². The summed E-state index contributed by atoms with van der Waals surface area (Å²) in [4.78, 5) is 10.5. The minimum absolute atomic E-state index is 0.882. The van der Waals surface area contributed by atoms with Crippen LogP contribution in [0.1, 0.15) is 0 Å². The van der Waals surface area contributed by atoms with E-state index in [4.69, 9.17) is 9.97 Å². The first-order valence-electron chi connectivity index (χ1n) is 14.1. The molecule has 4 heteroatoms. The summed E-state index contributed by atoms with van der Waals surface area (Å²) < 4.78 is 4.88. The van der Waals surface area contributed by atoms with Crippen molar-refractivity contribution in [2.75, 3.05) is 0 Å². The van der Waals surface area contributed by atoms with Crippen LogP contribution in [0, 0.1) is 0 Å². The standard InChI is InChI=1S/C38H23N3S/c1-3-11-24(12-4-1)26-21-32(25-13-5-2-6-14-25)40-35(22-26)41-33-17-9-7-15-27(33)29-19-20-30-36(37(29)41)39-23-31-28-16-8-10-18-34(28)42-38(30)31/h1-23H. The summed E-state index contributed by atoms with van der Waals surface area (Å²) in [6.45, 7) is 0. The molecule has 9 rings (SSSR count). The second kappa shape index (κ2) is 9.10. The lowest BCUT2D eigenvalue weighted by molar-refractivity contribution is 1.09. The molecular formula is C38H23N3S. The average Bonchev–Trinajstić information content (AvgIpc) is 3.62. The maximum Gasteiger partial charge on any atom is 0.138 e. The summed E-state index contributed by atoms with van der Waals surface area (Å²) in [6.07, 6.45) is 2.06. The van der Waals surface area contributed by atoms with Crippen LogP contribution in [0.15, 0.2) is 140 Å². The Bertz CT molecular complexity index is 2400. The monoisotopic (exact) mass is 553 g/mol. The van der Waals surface area contributed by atoms with Gasteiger partial charge in [-0.05, 0) is 35.4 Å². The van der Waals surface area contributed by atoms with E-state index in [0.29, 0.717) is 0 Å². The lowest BCUT2D eigenvalue weighted by Crippen LogP contribution is -2.01. The first-order valence-corrected chi connectivity index (χ1v) is 14.9. The van der Waals surface area contributed by atoms with Crippen LogP contribution in [0.25, 0.3) is 81.1 Å². The van der Waals surface area contributed by atoms with E-state index in [-0.39, 0.29) is 0 Å². The summed E-state index contributed by atoms with van der Waals surface area (Å²) in [5.74, 6) is 0.882. The van der Waals surface area contributed by atoms with E-state index in [1.54, 1.807) is 0 Å². The second-order valence-corrected chi connectivity index (χ2v) is 11.7. The van der Waals surface area contributed by atoms with Gasteiger partial charge in [-0.15, -0.1) is 11.3 Å². The predicted octanol–water partition coefficient (Wildman–Crippen LogP) is 10.4. The van der Waals surface area contributed by atoms with Gasteiger partial charge in [0.2, 0.25) is 0 Å². The maximum absolute atomic E-state index is 5.31. The molecule has 4 heterocycles. The van der Waals surface area contributed by atoms with Gasteiger partial charge in [0.05, 0.1) is 22.2 Å². The number of nitrogens with zero attached hydrogens (tertiary/aromatic N) is 3. The van der Waals surface area contributed by atoms with E-state index in [2.05, 4.69) is 138 Å². The number of aromatic nitrogens is 3. The van der Waals surface area contributed by atoms with Gasteiger partial charge in [-0.3, -0.25) is 9.55 Å². The average molecular weight is 554 g/mol. The minimum atomic E-state index is 0.882. The molecule has 196 valence electrons. The van der Waals surface area contributed by atoms with Crippen LogP contribution in [0.3, 0.4) is 0 Å². The summed E-state index contributed by atoms with van der Waals surface area (Å²) in [7, 11) is 0. The third kappa shape index (κ3) is 3.46. The van der Waals surface area contributed by atoms with Crippen LogP contribution in [-0.2, 0) is 0 Å². The predicted molar refractivity (Wildman–Crippen MR) is 178 cm³/mol. The lowest BCUT2D eigenvalue weighted by Gasteiger charge is -2.13. The molecule has 0 aliphatic carbocycles. The van der Waals surface area contributed by atoms with Gasteiger partial charge >= 0.3 is 0 Å². The van der Waals surface area contributed by atoms with Crippen molar-refractivity contribution in [2.24, 2.45) is 0 Å². The molecule has 0 aliphatic rings. The zero-order valence-corrected chi connectivity index (χ0v) is 23.3. The van der Waals surface area contributed by atoms with E-state index in [0.717, 1.165) is 44.8 Å². The van der Waals surface area contributed by atoms with E-state index < -0.39 is 0 Å². The number of rotatable bonds is 3. The van der Waals surface area contributed by atoms with Gasteiger partial charge in [0.25, 0.3) is 0 Å². The Balaban J connectivity index is 1.42. The maximum atomic E-state index is 5.31. The zero-order chi connectivity index (χ0) is 27.6. The normalized spacial score (nSPS) is 11.8. The van der Waals surface area contributed by atoms with Gasteiger partial charge in [0, 0.05) is 48.1 Å². The summed E-state index contributed by atoms with van der Waals surface area (Å²) in [5, 5.41) is 6.02. The molecule has 0 radical (unpaired) electrons. The molecule has 0 saturated carbocycles. The fourth-order valence-electron chi connectivity index (χ4n) is 6.30. The smallest absolute Gasteiger partial charge is 0.138 e. The highest BCUT2D eigenvalue weighted by Gasteiger charge is 2.20. The van der Waals surface area contributed by atoms with Crippen molar-refractivity contribution < 1.29 is 0 Å². The number of benzene rings is 5. The van der Waals surface area contributed by atoms with Crippen LogP contribution in [0.2, 0.25) is 0 Å². The second-order valence-electron chi connectivity index (χ2n) is 10.6. The molecule has 42 heavy (non-hydrogen) atoms. The van der Waals surface area contributed by atoms with Crippen molar-refractivity contribution in [3.63, 3.8) is 0 Å². The molecule has 0 N–H and O–H groups in total. The molecule has 0 spiro atoms. The SMILES string of the molecule is c1ccc(-c2cc(-c3ccccc3)nc(-n3c4ccccc4c4ccc5c(ncc6c7ccccc7sc65)c43)c2)cc1. The fourth-order valence-corrected chi connectivity index (χ4v) is 7.50. The summed E-state index contributed by atoms with van der Waals surface area (Å²) >= 11 is 1.84. The highest BCUT2D eigenvalue weighted by atomic mass is 32.1. The molecule has 9 aromatic rings. The zero-order valence-electron chi connectivity index (χ0n) is 22.5. The quantitative estimate of drug-likeness (QED) is 0.218. The molecule has 3 nitrogen and oxygen atoms in total. The van der Waals surface area contributed by atoms with E-state index in [1.165, 1.54) is 36.3 Å². The Morgan fingerprint density at radius 3 is 2.05 bits per heavy atom. The van der Waals surface area contributed by atoms with Crippen LogP contribution in [0.5, 0.6) is 0 Å². The number of hydrogen-bond donors (Lipinski definition) is 0. The fraction of sp³-hybridized carbons (Fsp3) is 0. The third-order valence-electron chi connectivity index (χ3n) is 8.23. The number of thiophene rings is 1. The molecule has 0 fully saturated rings. The Hall–Kier alpha value is -5.32. The molecular weight excluding hydrogens is 531 g/mol. The molecule has 0 bridgehead atoms. The van der Waals surface area contributed by atoms with Crippen LogP contribution in [-0.4, -0.2) is 14.5 Å². The van der Waals surface area contributed by atoms with E-state index in [9.17, 15) is 0 Å². The first kappa shape index (κ1) is 23.4. The number of para-hydroxylation sites is 1. The van der Waals surface area contributed by atoms with E-state index >= 15 is 0 Å². The number of hydrogen-bond acceptors (Lipinski definition) is 3. The highest BCUT2D eigenvalue weighted by molar-refractivity contribution is 7.26. The molecule has 0 saturated heterocycles. The van der Waals surface area contributed by atoms with Crippen molar-refractivity contribution in [3.8, 4) is 28.2 Å². The van der Waals surface area contributed by atoms with Crippen molar-refractivity contribution in [3.05, 3.63) is 140 Å². The largest absolute Gasteiger partial charge is 0.292 e. The Morgan fingerprint density at radius 1 is 0.524 bits per heavy atom. The van der Waals surface area contributed by atoms with Crippen molar-refractivity contribution in [1.29, 1.82) is 0 Å². The molecule has 0 unspecified atom stereocenters. The Kier molecular flexibility index (Phi) is 5.07. The van der Waals surface area contributed by atoms with Crippen molar-refractivity contribution in [2.45, 2.75) is 0 Å². The van der Waals surface area contributed by atoms with Gasteiger partial charge in [0.1, 0.15) is 5.82 Å². The third-order valence-corrected chi connectivity index (χ3v) is 9.45. The van der Waals surface area contributed by atoms with E-state index in [1.807, 2.05) is 17.4 Å². The van der Waals surface area contributed by atoms with Gasteiger partial charge in [-0.25, -0.2) is 4.98 Å². The molecule has 5 aromatic carbocycles. The van der Waals surface area contributed by atoms with Gasteiger partial charge in [-0.2, -0.15) is 0 Å². The number of pyridine rings is 2. The molecule has 0 amide bonds. The van der Waals surface area contributed by atoms with Crippen LogP contribution >= 0.6 is 11.3 Å². The molecule has 4 aromatic heterocycles. The summed E-state index contributed by atoms with van der Waals surface area (Å²) in [6, 6.07) is 47.2. The Labute approximate surface area is 246 Å². The molecule has 0 aliphatic heterocycles. The topological polar surface area (TPSA) is 30.7 Å².